The second kappa shape index (κ2) is 6.73. The van der Waals surface area contributed by atoms with Crippen LogP contribution in [0.2, 0.25) is 0 Å². The van der Waals surface area contributed by atoms with Gasteiger partial charge >= 0.3 is 0 Å². The molecule has 0 amide bonds. The number of methoxy groups -OCH3 is 1. The van der Waals surface area contributed by atoms with Gasteiger partial charge in [-0.2, -0.15) is 0 Å². The number of fused-ring (bicyclic) bond motifs is 1. The SMILES string of the molecule is CCc1cc(OCc2ccc(OC)cc2)cc2c1C(=O)CCO2. The lowest BCUT2D eigenvalue weighted by atomic mass is 9.97. The van der Waals surface area contributed by atoms with Gasteiger partial charge in [0.25, 0.3) is 0 Å². The van der Waals surface area contributed by atoms with E-state index in [-0.39, 0.29) is 5.78 Å². The van der Waals surface area contributed by atoms with Crippen molar-refractivity contribution in [3.05, 3.63) is 53.1 Å². The smallest absolute Gasteiger partial charge is 0.170 e. The number of ketones is 1. The molecule has 0 saturated heterocycles. The highest BCUT2D eigenvalue weighted by atomic mass is 16.5. The number of ether oxygens (including phenoxy) is 3. The van der Waals surface area contributed by atoms with Gasteiger partial charge in [0.05, 0.1) is 19.3 Å². The van der Waals surface area contributed by atoms with Crippen molar-refractivity contribution in [1.82, 2.24) is 0 Å². The first kappa shape index (κ1) is 15.4. The number of rotatable bonds is 5. The normalized spacial score (nSPS) is 13.2. The quantitative estimate of drug-likeness (QED) is 0.842. The molecule has 1 aliphatic rings. The molecule has 23 heavy (non-hydrogen) atoms. The van der Waals surface area contributed by atoms with Gasteiger partial charge in [-0.25, -0.2) is 0 Å². The van der Waals surface area contributed by atoms with E-state index in [9.17, 15) is 4.79 Å². The van der Waals surface area contributed by atoms with Crippen molar-refractivity contribution in [2.45, 2.75) is 26.4 Å². The summed E-state index contributed by atoms with van der Waals surface area (Å²) in [5.74, 6) is 2.35. The van der Waals surface area contributed by atoms with E-state index < -0.39 is 0 Å². The van der Waals surface area contributed by atoms with Crippen LogP contribution in [-0.4, -0.2) is 19.5 Å². The Kier molecular flexibility index (Phi) is 4.51. The van der Waals surface area contributed by atoms with Crippen molar-refractivity contribution < 1.29 is 19.0 Å². The van der Waals surface area contributed by atoms with Crippen LogP contribution in [0.1, 0.15) is 34.8 Å². The predicted octanol–water partition coefficient (Wildman–Crippen LogP) is 3.80. The summed E-state index contributed by atoms with van der Waals surface area (Å²) in [5.41, 5.74) is 2.76. The molecule has 2 aromatic rings. The van der Waals surface area contributed by atoms with Crippen LogP contribution in [-0.2, 0) is 13.0 Å². The molecule has 1 heterocycles. The maximum Gasteiger partial charge on any atom is 0.170 e. The zero-order valence-electron chi connectivity index (χ0n) is 13.4. The number of hydrogen-bond donors (Lipinski definition) is 0. The largest absolute Gasteiger partial charge is 0.497 e. The van der Waals surface area contributed by atoms with Crippen molar-refractivity contribution >= 4 is 5.78 Å². The Balaban J connectivity index is 1.78. The van der Waals surface area contributed by atoms with Gasteiger partial charge in [0, 0.05) is 12.5 Å². The van der Waals surface area contributed by atoms with Crippen LogP contribution in [0.3, 0.4) is 0 Å². The summed E-state index contributed by atoms with van der Waals surface area (Å²) in [6.07, 6.45) is 1.23. The van der Waals surface area contributed by atoms with E-state index in [1.807, 2.05) is 43.3 Å². The highest BCUT2D eigenvalue weighted by molar-refractivity contribution is 6.01. The molecule has 0 bridgehead atoms. The monoisotopic (exact) mass is 312 g/mol. The van der Waals surface area contributed by atoms with Crippen molar-refractivity contribution in [2.24, 2.45) is 0 Å². The van der Waals surface area contributed by atoms with Crippen LogP contribution in [0, 0.1) is 0 Å². The van der Waals surface area contributed by atoms with Gasteiger partial charge in [-0.05, 0) is 35.7 Å². The molecule has 4 heteroatoms. The fourth-order valence-electron chi connectivity index (χ4n) is 2.70. The Bertz CT molecular complexity index is 687. The number of Topliss-reactive ketones (excluding diaryl/α,β-unsaturated/α-hetero) is 1. The minimum atomic E-state index is 0.157. The van der Waals surface area contributed by atoms with Crippen LogP contribution in [0.25, 0.3) is 0 Å². The van der Waals surface area contributed by atoms with Gasteiger partial charge in [-0.3, -0.25) is 4.79 Å². The van der Waals surface area contributed by atoms with E-state index in [1.165, 1.54) is 0 Å². The number of carbonyl (C=O) groups is 1. The lowest BCUT2D eigenvalue weighted by Gasteiger charge is -2.20. The van der Waals surface area contributed by atoms with Crippen LogP contribution in [0.15, 0.2) is 36.4 Å². The molecule has 0 unspecified atom stereocenters. The zero-order valence-corrected chi connectivity index (χ0v) is 13.4. The molecule has 0 radical (unpaired) electrons. The molecule has 120 valence electrons. The van der Waals surface area contributed by atoms with E-state index in [2.05, 4.69) is 0 Å². The van der Waals surface area contributed by atoms with Crippen LogP contribution in [0.4, 0.5) is 0 Å². The van der Waals surface area contributed by atoms with E-state index >= 15 is 0 Å². The minimum Gasteiger partial charge on any atom is -0.497 e. The summed E-state index contributed by atoms with van der Waals surface area (Å²) in [6.45, 7) is 2.93. The number of carbonyl (C=O) groups excluding carboxylic acids is 1. The lowest BCUT2D eigenvalue weighted by Crippen LogP contribution is -2.17. The maximum atomic E-state index is 12.1. The standard InChI is InChI=1S/C19H20O4/c1-3-14-10-16(11-18-19(14)17(20)8-9-22-18)23-12-13-4-6-15(21-2)7-5-13/h4-7,10-11H,3,8-9,12H2,1-2H3. The second-order valence-electron chi connectivity index (χ2n) is 5.47. The van der Waals surface area contributed by atoms with E-state index in [0.717, 1.165) is 34.6 Å². The molecule has 3 rings (SSSR count). The van der Waals surface area contributed by atoms with Crippen molar-refractivity contribution in [3.63, 3.8) is 0 Å². The fourth-order valence-corrected chi connectivity index (χ4v) is 2.70. The van der Waals surface area contributed by atoms with Crippen LogP contribution < -0.4 is 14.2 Å². The Labute approximate surface area is 136 Å². The van der Waals surface area contributed by atoms with Crippen LogP contribution in [0.5, 0.6) is 17.2 Å². The number of benzene rings is 2. The molecule has 0 aromatic heterocycles. The fraction of sp³-hybridized carbons (Fsp3) is 0.316. The van der Waals surface area contributed by atoms with Crippen LogP contribution >= 0.6 is 0 Å². The summed E-state index contributed by atoms with van der Waals surface area (Å²) in [4.78, 5) is 12.1. The zero-order chi connectivity index (χ0) is 16.2. The highest BCUT2D eigenvalue weighted by Crippen LogP contribution is 2.33. The first-order valence-electron chi connectivity index (χ1n) is 7.80. The third-order valence-electron chi connectivity index (χ3n) is 3.97. The molecule has 0 N–H and O–H groups in total. The summed E-state index contributed by atoms with van der Waals surface area (Å²) in [6, 6.07) is 11.5. The second-order valence-corrected chi connectivity index (χ2v) is 5.47. The third-order valence-corrected chi connectivity index (χ3v) is 3.97. The Hall–Kier alpha value is -2.49. The predicted molar refractivity (Wildman–Crippen MR) is 87.6 cm³/mol. The summed E-state index contributed by atoms with van der Waals surface area (Å²) < 4.78 is 16.7. The average Bonchev–Trinajstić information content (AvgIpc) is 2.59. The first-order chi connectivity index (χ1) is 11.2. The average molecular weight is 312 g/mol. The summed E-state index contributed by atoms with van der Waals surface area (Å²) in [5, 5.41) is 0. The molecule has 0 spiro atoms. The van der Waals surface area contributed by atoms with E-state index in [4.69, 9.17) is 14.2 Å². The van der Waals surface area contributed by atoms with E-state index in [0.29, 0.717) is 25.4 Å². The molecule has 0 atom stereocenters. The molecular weight excluding hydrogens is 292 g/mol. The number of hydrogen-bond acceptors (Lipinski definition) is 4. The van der Waals surface area contributed by atoms with Crippen molar-refractivity contribution in [1.29, 1.82) is 0 Å². The molecule has 0 fully saturated rings. The lowest BCUT2D eigenvalue weighted by molar-refractivity contribution is 0.0932. The molecule has 0 saturated carbocycles. The molecule has 1 aliphatic heterocycles. The molecule has 2 aromatic carbocycles. The molecule has 0 aliphatic carbocycles. The van der Waals surface area contributed by atoms with Gasteiger partial charge < -0.3 is 14.2 Å². The number of aryl methyl sites for hydroxylation is 1. The molecule has 4 nitrogen and oxygen atoms in total. The minimum absolute atomic E-state index is 0.157. The third kappa shape index (κ3) is 3.31. The highest BCUT2D eigenvalue weighted by Gasteiger charge is 2.22. The summed E-state index contributed by atoms with van der Waals surface area (Å²) in [7, 11) is 1.65. The Morgan fingerprint density at radius 1 is 1.13 bits per heavy atom. The van der Waals surface area contributed by atoms with Gasteiger partial charge in [0.2, 0.25) is 0 Å². The van der Waals surface area contributed by atoms with Gasteiger partial charge in [-0.1, -0.05) is 19.1 Å². The maximum absolute atomic E-state index is 12.1. The Morgan fingerprint density at radius 2 is 1.91 bits per heavy atom. The van der Waals surface area contributed by atoms with Gasteiger partial charge in [0.15, 0.2) is 5.78 Å². The van der Waals surface area contributed by atoms with Crippen molar-refractivity contribution in [3.8, 4) is 17.2 Å². The summed E-state index contributed by atoms with van der Waals surface area (Å²) >= 11 is 0. The van der Waals surface area contributed by atoms with E-state index in [1.54, 1.807) is 7.11 Å². The van der Waals surface area contributed by atoms with Crippen molar-refractivity contribution in [2.75, 3.05) is 13.7 Å². The topological polar surface area (TPSA) is 44.8 Å². The first-order valence-corrected chi connectivity index (χ1v) is 7.80. The Morgan fingerprint density at radius 3 is 2.61 bits per heavy atom. The van der Waals surface area contributed by atoms with Gasteiger partial charge in [0.1, 0.15) is 23.9 Å². The van der Waals surface area contributed by atoms with Gasteiger partial charge in [-0.15, -0.1) is 0 Å². The molecular formula is C19H20O4.